The van der Waals surface area contributed by atoms with Gasteiger partial charge in [0.15, 0.2) is 0 Å². The van der Waals surface area contributed by atoms with E-state index in [1.807, 2.05) is 32.0 Å². The SMILES string of the molecule is CCOC[C@H](Oc1ccc(Cl)cc1C)C1CCNC1. The molecule has 1 N–H and O–H groups in total. The lowest BCUT2D eigenvalue weighted by Crippen LogP contribution is -2.33. The van der Waals surface area contributed by atoms with E-state index in [0.29, 0.717) is 12.5 Å². The fourth-order valence-corrected chi connectivity index (χ4v) is 2.63. The van der Waals surface area contributed by atoms with Crippen LogP contribution in [0.3, 0.4) is 0 Å². The molecule has 0 amide bonds. The van der Waals surface area contributed by atoms with Gasteiger partial charge in [-0.3, -0.25) is 0 Å². The first-order chi connectivity index (χ1) is 9.20. The molecule has 0 spiro atoms. The van der Waals surface area contributed by atoms with Gasteiger partial charge in [-0.05, 0) is 50.6 Å². The summed E-state index contributed by atoms with van der Waals surface area (Å²) < 4.78 is 11.7. The molecule has 2 atom stereocenters. The van der Waals surface area contributed by atoms with Gasteiger partial charge in [0, 0.05) is 24.1 Å². The zero-order valence-electron chi connectivity index (χ0n) is 11.6. The average Bonchev–Trinajstić information content (AvgIpc) is 2.90. The lowest BCUT2D eigenvalue weighted by Gasteiger charge is -2.25. The first-order valence-electron chi connectivity index (χ1n) is 6.92. The van der Waals surface area contributed by atoms with Crippen LogP contribution in [0.2, 0.25) is 5.02 Å². The third kappa shape index (κ3) is 4.10. The number of nitrogens with one attached hydrogen (secondary N) is 1. The number of halogens is 1. The van der Waals surface area contributed by atoms with Crippen molar-refractivity contribution < 1.29 is 9.47 Å². The second-order valence-electron chi connectivity index (χ2n) is 4.98. The van der Waals surface area contributed by atoms with Crippen molar-refractivity contribution in [2.45, 2.75) is 26.4 Å². The third-order valence-corrected chi connectivity index (χ3v) is 3.76. The molecule has 1 heterocycles. The van der Waals surface area contributed by atoms with Crippen molar-refractivity contribution in [3.63, 3.8) is 0 Å². The molecule has 1 saturated heterocycles. The van der Waals surface area contributed by atoms with E-state index >= 15 is 0 Å². The molecular weight excluding hydrogens is 262 g/mol. The molecule has 1 fully saturated rings. The maximum Gasteiger partial charge on any atom is 0.126 e. The standard InChI is InChI=1S/C15H22ClNO2/c1-3-18-10-15(12-6-7-17-9-12)19-14-5-4-13(16)8-11(14)2/h4-5,8,12,15,17H,3,6-7,9-10H2,1-2H3/t12?,15-/m0/s1. The first kappa shape index (κ1) is 14.6. The van der Waals surface area contributed by atoms with Gasteiger partial charge in [0.1, 0.15) is 11.9 Å². The molecule has 0 radical (unpaired) electrons. The van der Waals surface area contributed by atoms with E-state index in [-0.39, 0.29) is 6.10 Å². The summed E-state index contributed by atoms with van der Waals surface area (Å²) in [6.45, 7) is 7.47. The van der Waals surface area contributed by atoms with E-state index in [2.05, 4.69) is 5.32 Å². The van der Waals surface area contributed by atoms with E-state index in [1.165, 1.54) is 0 Å². The van der Waals surface area contributed by atoms with Crippen molar-refractivity contribution in [3.8, 4) is 5.75 Å². The predicted octanol–water partition coefficient (Wildman–Crippen LogP) is 3.04. The molecular formula is C15H22ClNO2. The number of hydrogen-bond acceptors (Lipinski definition) is 3. The topological polar surface area (TPSA) is 30.5 Å². The van der Waals surface area contributed by atoms with Crippen LogP contribution in [0.25, 0.3) is 0 Å². The summed E-state index contributed by atoms with van der Waals surface area (Å²) in [7, 11) is 0. The first-order valence-corrected chi connectivity index (χ1v) is 7.29. The maximum absolute atomic E-state index is 6.16. The zero-order chi connectivity index (χ0) is 13.7. The van der Waals surface area contributed by atoms with Gasteiger partial charge >= 0.3 is 0 Å². The molecule has 1 aliphatic heterocycles. The van der Waals surface area contributed by atoms with Crippen LogP contribution in [0, 0.1) is 12.8 Å². The number of rotatable bonds is 6. The van der Waals surface area contributed by atoms with Crippen molar-refractivity contribution in [1.82, 2.24) is 5.32 Å². The molecule has 0 aromatic heterocycles. The van der Waals surface area contributed by atoms with Crippen LogP contribution in [-0.4, -0.2) is 32.4 Å². The van der Waals surface area contributed by atoms with Gasteiger partial charge in [0.2, 0.25) is 0 Å². The fourth-order valence-electron chi connectivity index (χ4n) is 2.40. The summed E-state index contributed by atoms with van der Waals surface area (Å²) >= 11 is 5.97. The average molecular weight is 284 g/mol. The largest absolute Gasteiger partial charge is 0.487 e. The van der Waals surface area contributed by atoms with Crippen LogP contribution in [0.1, 0.15) is 18.9 Å². The molecule has 106 valence electrons. The minimum absolute atomic E-state index is 0.106. The highest BCUT2D eigenvalue weighted by Crippen LogP contribution is 2.26. The molecule has 2 rings (SSSR count). The summed E-state index contributed by atoms with van der Waals surface area (Å²) in [6, 6.07) is 5.75. The Morgan fingerprint density at radius 3 is 2.95 bits per heavy atom. The van der Waals surface area contributed by atoms with E-state index < -0.39 is 0 Å². The summed E-state index contributed by atoms with van der Waals surface area (Å²) in [5, 5.41) is 4.13. The van der Waals surface area contributed by atoms with Gasteiger partial charge < -0.3 is 14.8 Å². The molecule has 0 bridgehead atoms. The highest BCUT2D eigenvalue weighted by atomic mass is 35.5. The van der Waals surface area contributed by atoms with E-state index in [4.69, 9.17) is 21.1 Å². The highest BCUT2D eigenvalue weighted by molar-refractivity contribution is 6.30. The predicted molar refractivity (Wildman–Crippen MR) is 78.1 cm³/mol. The molecule has 1 aromatic carbocycles. The van der Waals surface area contributed by atoms with Crippen LogP contribution in [0.4, 0.5) is 0 Å². The van der Waals surface area contributed by atoms with Crippen LogP contribution in [0.15, 0.2) is 18.2 Å². The van der Waals surface area contributed by atoms with E-state index in [0.717, 1.165) is 42.5 Å². The number of aryl methyl sites for hydroxylation is 1. The summed E-state index contributed by atoms with van der Waals surface area (Å²) in [5.74, 6) is 1.42. The van der Waals surface area contributed by atoms with Gasteiger partial charge in [-0.1, -0.05) is 11.6 Å². The minimum atomic E-state index is 0.106. The second kappa shape index (κ2) is 7.13. The monoisotopic (exact) mass is 283 g/mol. The molecule has 3 nitrogen and oxygen atoms in total. The van der Waals surface area contributed by atoms with Gasteiger partial charge in [0.25, 0.3) is 0 Å². The summed E-state index contributed by atoms with van der Waals surface area (Å²) in [6.07, 6.45) is 1.25. The molecule has 1 unspecified atom stereocenters. The highest BCUT2D eigenvalue weighted by Gasteiger charge is 2.27. The Morgan fingerprint density at radius 1 is 1.47 bits per heavy atom. The lowest BCUT2D eigenvalue weighted by atomic mass is 10.0. The van der Waals surface area contributed by atoms with E-state index in [1.54, 1.807) is 0 Å². The van der Waals surface area contributed by atoms with Crippen molar-refractivity contribution in [2.75, 3.05) is 26.3 Å². The minimum Gasteiger partial charge on any atom is -0.487 e. The Hall–Kier alpha value is -0.770. The maximum atomic E-state index is 6.16. The van der Waals surface area contributed by atoms with Gasteiger partial charge in [0.05, 0.1) is 6.61 Å². The van der Waals surface area contributed by atoms with E-state index in [9.17, 15) is 0 Å². The zero-order valence-corrected chi connectivity index (χ0v) is 12.4. The van der Waals surface area contributed by atoms with Gasteiger partial charge in [-0.15, -0.1) is 0 Å². The Morgan fingerprint density at radius 2 is 2.32 bits per heavy atom. The number of benzene rings is 1. The van der Waals surface area contributed by atoms with Crippen LogP contribution in [-0.2, 0) is 4.74 Å². The third-order valence-electron chi connectivity index (χ3n) is 3.53. The van der Waals surface area contributed by atoms with Crippen LogP contribution < -0.4 is 10.1 Å². The lowest BCUT2D eigenvalue weighted by molar-refractivity contribution is 0.0288. The molecule has 1 aromatic rings. The fraction of sp³-hybridized carbons (Fsp3) is 0.600. The molecule has 1 aliphatic rings. The normalized spacial score (nSPS) is 20.5. The molecule has 4 heteroatoms. The number of ether oxygens (including phenoxy) is 2. The van der Waals surface area contributed by atoms with Crippen molar-refractivity contribution in [2.24, 2.45) is 5.92 Å². The smallest absolute Gasteiger partial charge is 0.126 e. The van der Waals surface area contributed by atoms with Crippen molar-refractivity contribution in [3.05, 3.63) is 28.8 Å². The molecule has 19 heavy (non-hydrogen) atoms. The quantitative estimate of drug-likeness (QED) is 0.870. The molecule has 0 aliphatic carbocycles. The summed E-state index contributed by atoms with van der Waals surface area (Å²) in [4.78, 5) is 0. The van der Waals surface area contributed by atoms with Crippen LogP contribution >= 0.6 is 11.6 Å². The number of hydrogen-bond donors (Lipinski definition) is 1. The Labute approximate surface area is 120 Å². The van der Waals surface area contributed by atoms with Gasteiger partial charge in [-0.25, -0.2) is 0 Å². The Kier molecular flexibility index (Phi) is 5.49. The Balaban J connectivity index is 2.05. The van der Waals surface area contributed by atoms with Crippen LogP contribution in [0.5, 0.6) is 5.75 Å². The second-order valence-corrected chi connectivity index (χ2v) is 5.41. The van der Waals surface area contributed by atoms with Crippen molar-refractivity contribution >= 4 is 11.6 Å². The molecule has 0 saturated carbocycles. The Bertz CT molecular complexity index is 405. The van der Waals surface area contributed by atoms with Gasteiger partial charge in [-0.2, -0.15) is 0 Å². The summed E-state index contributed by atoms with van der Waals surface area (Å²) in [5.41, 5.74) is 1.07. The van der Waals surface area contributed by atoms with Crippen molar-refractivity contribution in [1.29, 1.82) is 0 Å².